The van der Waals surface area contributed by atoms with Crippen molar-refractivity contribution in [3.8, 4) is 0 Å². The minimum absolute atomic E-state index is 0.0109. The molecule has 1 aliphatic rings. The van der Waals surface area contributed by atoms with Gasteiger partial charge < -0.3 is 10.2 Å². The molecule has 4 rings (SSSR count). The zero-order chi connectivity index (χ0) is 28.2. The van der Waals surface area contributed by atoms with E-state index in [1.165, 1.54) is 47.4 Å². The lowest BCUT2D eigenvalue weighted by Crippen LogP contribution is -2.52. The minimum atomic E-state index is -4.09. The topological polar surface area (TPSA) is 104 Å². The molecule has 8 nitrogen and oxygen atoms in total. The van der Waals surface area contributed by atoms with Crippen molar-refractivity contribution in [2.75, 3.05) is 6.54 Å². The number of rotatable bonds is 10. The molecule has 1 aliphatic heterocycles. The maximum atomic E-state index is 13.7. The molecule has 0 unspecified atom stereocenters. The molecule has 0 saturated heterocycles. The van der Waals surface area contributed by atoms with E-state index in [9.17, 15) is 27.2 Å². The second-order valence-corrected chi connectivity index (χ2v) is 11.5. The van der Waals surface area contributed by atoms with E-state index in [1.807, 2.05) is 44.2 Å². The number of hydrogen-bond donors (Lipinski definition) is 1. The Morgan fingerprint density at radius 1 is 0.923 bits per heavy atom. The molecule has 3 aromatic carbocycles. The van der Waals surface area contributed by atoms with Gasteiger partial charge in [-0.15, -0.1) is 0 Å². The van der Waals surface area contributed by atoms with Gasteiger partial charge >= 0.3 is 0 Å². The van der Waals surface area contributed by atoms with Crippen molar-refractivity contribution < 1.29 is 27.2 Å². The van der Waals surface area contributed by atoms with Crippen molar-refractivity contribution in [1.29, 1.82) is 0 Å². The summed E-state index contributed by atoms with van der Waals surface area (Å²) in [5.41, 5.74) is 1.48. The number of benzene rings is 3. The molecular weight excluding hydrogens is 521 g/mol. The van der Waals surface area contributed by atoms with Gasteiger partial charge in [-0.2, -0.15) is 0 Å². The molecule has 3 aromatic rings. The highest BCUT2D eigenvalue weighted by Gasteiger charge is 2.41. The van der Waals surface area contributed by atoms with Crippen LogP contribution in [0, 0.1) is 5.82 Å². The fourth-order valence-corrected chi connectivity index (χ4v) is 6.08. The number of fused-ring (bicyclic) bond motifs is 1. The largest absolute Gasteiger partial charge is 0.352 e. The van der Waals surface area contributed by atoms with Crippen LogP contribution in [-0.2, 0) is 32.6 Å². The molecule has 39 heavy (non-hydrogen) atoms. The normalized spacial score (nSPS) is 14.7. The van der Waals surface area contributed by atoms with Crippen molar-refractivity contribution in [3.05, 3.63) is 101 Å². The number of carbonyl (C=O) groups is 3. The number of amides is 3. The van der Waals surface area contributed by atoms with Gasteiger partial charge in [0.25, 0.3) is 15.9 Å². The van der Waals surface area contributed by atoms with Crippen LogP contribution in [0.25, 0.3) is 0 Å². The van der Waals surface area contributed by atoms with E-state index >= 15 is 0 Å². The predicted molar refractivity (Wildman–Crippen MR) is 143 cm³/mol. The molecule has 0 aliphatic carbocycles. The smallest absolute Gasteiger partial charge is 0.269 e. The van der Waals surface area contributed by atoms with Gasteiger partial charge in [0.05, 0.1) is 5.56 Å². The third-order valence-electron chi connectivity index (χ3n) is 6.41. The summed E-state index contributed by atoms with van der Waals surface area (Å²) < 4.78 is 40.2. The second kappa shape index (κ2) is 11.8. The van der Waals surface area contributed by atoms with Gasteiger partial charge in [-0.3, -0.25) is 14.4 Å². The molecule has 1 atom stereocenters. The number of nitrogens with one attached hydrogen (secondary N) is 1. The third-order valence-corrected chi connectivity index (χ3v) is 8.25. The molecule has 1 N–H and O–H groups in total. The van der Waals surface area contributed by atoms with Crippen LogP contribution in [0.3, 0.4) is 0 Å². The Morgan fingerprint density at radius 2 is 1.56 bits per heavy atom. The lowest BCUT2D eigenvalue weighted by Gasteiger charge is -2.32. The number of halogens is 1. The first kappa shape index (κ1) is 28.0. The molecule has 0 fully saturated rings. The molecule has 1 heterocycles. The highest BCUT2D eigenvalue weighted by atomic mass is 32.2. The Morgan fingerprint density at radius 3 is 2.21 bits per heavy atom. The van der Waals surface area contributed by atoms with E-state index in [2.05, 4.69) is 5.32 Å². The Balaban J connectivity index is 1.63. The summed E-state index contributed by atoms with van der Waals surface area (Å²) in [4.78, 5) is 41.2. The Bertz CT molecular complexity index is 1460. The van der Waals surface area contributed by atoms with E-state index in [4.69, 9.17) is 0 Å². The van der Waals surface area contributed by atoms with Crippen molar-refractivity contribution in [2.24, 2.45) is 0 Å². The Kier molecular flexibility index (Phi) is 8.44. The zero-order valence-electron chi connectivity index (χ0n) is 21.7. The van der Waals surface area contributed by atoms with Crippen LogP contribution in [0.2, 0.25) is 0 Å². The summed E-state index contributed by atoms with van der Waals surface area (Å²) >= 11 is 0. The first-order valence-corrected chi connectivity index (χ1v) is 14.1. The van der Waals surface area contributed by atoms with Gasteiger partial charge in [-0.1, -0.05) is 54.6 Å². The lowest BCUT2D eigenvalue weighted by molar-refractivity contribution is -0.141. The molecule has 0 radical (unpaired) electrons. The summed E-state index contributed by atoms with van der Waals surface area (Å²) in [5.74, 6) is -2.02. The van der Waals surface area contributed by atoms with Crippen LogP contribution < -0.4 is 5.32 Å². The van der Waals surface area contributed by atoms with E-state index in [-0.39, 0.29) is 48.3 Å². The predicted octanol–water partition coefficient (Wildman–Crippen LogP) is 3.53. The molecule has 0 saturated carbocycles. The van der Waals surface area contributed by atoms with Crippen molar-refractivity contribution in [1.82, 2.24) is 14.5 Å². The van der Waals surface area contributed by atoms with Gasteiger partial charge in [-0.25, -0.2) is 17.1 Å². The number of nitrogens with zero attached hydrogens (tertiary/aromatic N) is 2. The molecule has 0 bridgehead atoms. The van der Waals surface area contributed by atoms with E-state index in [0.29, 0.717) is 9.87 Å². The lowest BCUT2D eigenvalue weighted by atomic mass is 10.0. The molecule has 10 heteroatoms. The van der Waals surface area contributed by atoms with Crippen LogP contribution in [0.1, 0.15) is 41.8 Å². The van der Waals surface area contributed by atoms with Gasteiger partial charge in [0, 0.05) is 32.0 Å². The Hall–Kier alpha value is -4.05. The van der Waals surface area contributed by atoms with Gasteiger partial charge in [-0.05, 0) is 49.2 Å². The number of hydrogen-bond acceptors (Lipinski definition) is 5. The maximum absolute atomic E-state index is 13.7. The summed E-state index contributed by atoms with van der Waals surface area (Å²) in [6.45, 7) is 3.23. The van der Waals surface area contributed by atoms with Crippen LogP contribution in [-0.4, -0.2) is 54.0 Å². The molecule has 0 spiro atoms. The van der Waals surface area contributed by atoms with Crippen molar-refractivity contribution in [2.45, 2.75) is 50.2 Å². The zero-order valence-corrected chi connectivity index (χ0v) is 22.5. The average Bonchev–Trinajstić information content (AvgIpc) is 3.10. The van der Waals surface area contributed by atoms with Crippen molar-refractivity contribution in [3.63, 3.8) is 0 Å². The quantitative estimate of drug-likeness (QED) is 0.415. The number of carbonyl (C=O) groups excluding carboxylic acids is 3. The minimum Gasteiger partial charge on any atom is -0.352 e. The third kappa shape index (κ3) is 6.34. The van der Waals surface area contributed by atoms with Crippen LogP contribution in [0.15, 0.2) is 83.8 Å². The van der Waals surface area contributed by atoms with Crippen LogP contribution in [0.4, 0.5) is 4.39 Å². The fourth-order valence-electron chi connectivity index (χ4n) is 4.51. The van der Waals surface area contributed by atoms with E-state index in [0.717, 1.165) is 5.56 Å². The average molecular weight is 552 g/mol. The molecule has 0 aromatic heterocycles. The van der Waals surface area contributed by atoms with E-state index < -0.39 is 33.7 Å². The van der Waals surface area contributed by atoms with Crippen LogP contribution in [0.5, 0.6) is 0 Å². The van der Waals surface area contributed by atoms with Gasteiger partial charge in [0.2, 0.25) is 11.8 Å². The monoisotopic (exact) mass is 551 g/mol. The summed E-state index contributed by atoms with van der Waals surface area (Å²) in [6.07, 6.45) is -0.126. The van der Waals surface area contributed by atoms with Gasteiger partial charge in [0.1, 0.15) is 16.8 Å². The summed E-state index contributed by atoms with van der Waals surface area (Å²) in [6, 6.07) is 19.6. The summed E-state index contributed by atoms with van der Waals surface area (Å²) in [5, 5.41) is 2.87. The highest BCUT2D eigenvalue weighted by Crippen LogP contribution is 2.30. The van der Waals surface area contributed by atoms with Crippen molar-refractivity contribution >= 4 is 27.7 Å². The maximum Gasteiger partial charge on any atom is 0.269 e. The molecule has 3 amide bonds. The fraction of sp³-hybridized carbons (Fsp3) is 0.276. The van der Waals surface area contributed by atoms with Gasteiger partial charge in [0.15, 0.2) is 0 Å². The standard InChI is InChI=1S/C29H30FN3O5S/c1-20(2)31-28(35)25(18-21-8-4-3-5-9-21)32(19-22-12-14-23(30)15-13-22)27(34)16-17-33-29(36)24-10-6-7-11-26(24)39(33,37)38/h3-15,20,25H,16-19H2,1-2H3,(H,31,35)/t25-/m1/s1. The second-order valence-electron chi connectivity index (χ2n) is 9.65. The molecule has 204 valence electrons. The van der Waals surface area contributed by atoms with E-state index in [1.54, 1.807) is 6.07 Å². The highest BCUT2D eigenvalue weighted by molar-refractivity contribution is 7.90. The first-order chi connectivity index (χ1) is 18.6. The number of sulfonamides is 1. The Labute approximate surface area is 227 Å². The van der Waals surface area contributed by atoms with Crippen LogP contribution >= 0.6 is 0 Å². The molecular formula is C29H30FN3O5S. The first-order valence-electron chi connectivity index (χ1n) is 12.6. The SMILES string of the molecule is CC(C)NC(=O)[C@@H](Cc1ccccc1)N(Cc1ccc(F)cc1)C(=O)CCN1C(=O)c2ccccc2S1(=O)=O. The summed E-state index contributed by atoms with van der Waals surface area (Å²) in [7, 11) is -4.09.